The zero-order chi connectivity index (χ0) is 12.3. The third-order valence-corrected chi connectivity index (χ3v) is 2.87. The monoisotopic (exact) mass is 267 g/mol. The maximum Gasteiger partial charge on any atom is 0.134 e. The molecule has 0 saturated heterocycles. The molecule has 2 N–H and O–H groups in total. The van der Waals surface area contributed by atoms with Crippen molar-refractivity contribution in [3.05, 3.63) is 58.1 Å². The van der Waals surface area contributed by atoms with Crippen molar-refractivity contribution in [2.45, 2.75) is 6.54 Å². The molecule has 0 amide bonds. The molecular weight excluding hydrogens is 257 g/mol. The van der Waals surface area contributed by atoms with Crippen LogP contribution in [-0.4, -0.2) is 5.11 Å². The maximum atomic E-state index is 9.30. The summed E-state index contributed by atoms with van der Waals surface area (Å²) in [6.07, 6.45) is 0. The van der Waals surface area contributed by atoms with Crippen molar-refractivity contribution in [1.29, 1.82) is 0 Å². The highest BCUT2D eigenvalue weighted by Gasteiger charge is 2.00. The maximum absolute atomic E-state index is 9.30. The van der Waals surface area contributed by atoms with Gasteiger partial charge in [0.2, 0.25) is 0 Å². The molecule has 0 radical (unpaired) electrons. The van der Waals surface area contributed by atoms with Gasteiger partial charge in [-0.1, -0.05) is 35.3 Å². The molecule has 0 fully saturated rings. The van der Waals surface area contributed by atoms with Gasteiger partial charge in [0, 0.05) is 17.3 Å². The Kier molecular flexibility index (Phi) is 3.77. The first-order valence-electron chi connectivity index (χ1n) is 5.12. The fourth-order valence-electron chi connectivity index (χ4n) is 1.46. The summed E-state index contributed by atoms with van der Waals surface area (Å²) in [5, 5.41) is 13.6. The van der Waals surface area contributed by atoms with Gasteiger partial charge in [0.25, 0.3) is 0 Å². The number of halogens is 2. The van der Waals surface area contributed by atoms with E-state index in [9.17, 15) is 5.11 Å². The summed E-state index contributed by atoms with van der Waals surface area (Å²) in [5.74, 6) is 0.0955. The first-order valence-corrected chi connectivity index (χ1v) is 5.87. The molecule has 88 valence electrons. The van der Waals surface area contributed by atoms with E-state index in [2.05, 4.69) is 5.32 Å². The molecule has 0 aliphatic heterocycles. The summed E-state index contributed by atoms with van der Waals surface area (Å²) in [6, 6.07) is 12.6. The van der Waals surface area contributed by atoms with Gasteiger partial charge in [-0.3, -0.25) is 0 Å². The van der Waals surface area contributed by atoms with E-state index in [-0.39, 0.29) is 5.75 Å². The average Bonchev–Trinajstić information content (AvgIpc) is 2.31. The topological polar surface area (TPSA) is 32.3 Å². The number of benzene rings is 2. The van der Waals surface area contributed by atoms with Gasteiger partial charge < -0.3 is 10.4 Å². The largest absolute Gasteiger partial charge is 0.506 e. The lowest BCUT2D eigenvalue weighted by atomic mass is 10.2. The normalized spacial score (nSPS) is 10.2. The fourth-order valence-corrected chi connectivity index (χ4v) is 1.86. The van der Waals surface area contributed by atoms with E-state index in [1.54, 1.807) is 12.1 Å². The summed E-state index contributed by atoms with van der Waals surface area (Å²) in [7, 11) is 0. The molecule has 17 heavy (non-hydrogen) atoms. The smallest absolute Gasteiger partial charge is 0.134 e. The molecule has 0 spiro atoms. The Hall–Kier alpha value is -1.38. The van der Waals surface area contributed by atoms with Crippen molar-refractivity contribution in [2.75, 3.05) is 5.32 Å². The van der Waals surface area contributed by atoms with E-state index in [4.69, 9.17) is 23.2 Å². The van der Waals surface area contributed by atoms with Crippen LogP contribution in [0.15, 0.2) is 42.5 Å². The zero-order valence-corrected chi connectivity index (χ0v) is 10.5. The molecule has 2 aromatic carbocycles. The van der Waals surface area contributed by atoms with Gasteiger partial charge in [-0.15, -0.1) is 0 Å². The lowest BCUT2D eigenvalue weighted by molar-refractivity contribution is 0.475. The van der Waals surface area contributed by atoms with Crippen LogP contribution in [0.1, 0.15) is 5.56 Å². The Balaban J connectivity index is 2.05. The minimum absolute atomic E-state index is 0.0955. The number of aromatic hydroxyl groups is 1. The van der Waals surface area contributed by atoms with Gasteiger partial charge in [-0.2, -0.15) is 0 Å². The standard InChI is InChI=1S/C13H11Cl2NO/c14-10-2-1-3-11(7-10)16-8-9-4-5-13(17)12(15)6-9/h1-7,16-17H,8H2. The van der Waals surface area contributed by atoms with Crippen molar-refractivity contribution >= 4 is 28.9 Å². The minimum atomic E-state index is 0.0955. The van der Waals surface area contributed by atoms with Gasteiger partial charge in [0.05, 0.1) is 5.02 Å². The Morgan fingerprint density at radius 1 is 1.06 bits per heavy atom. The highest BCUT2D eigenvalue weighted by atomic mass is 35.5. The summed E-state index contributed by atoms with van der Waals surface area (Å²) < 4.78 is 0. The third-order valence-electron chi connectivity index (χ3n) is 2.33. The summed E-state index contributed by atoms with van der Waals surface area (Å²) >= 11 is 11.7. The summed E-state index contributed by atoms with van der Waals surface area (Å²) in [5.41, 5.74) is 1.94. The van der Waals surface area contributed by atoms with Crippen LogP contribution in [0.4, 0.5) is 5.69 Å². The predicted octanol–water partition coefficient (Wildman–Crippen LogP) is 4.31. The van der Waals surface area contributed by atoms with Crippen LogP contribution in [0.2, 0.25) is 10.0 Å². The second-order valence-corrected chi connectivity index (χ2v) is 4.49. The average molecular weight is 268 g/mol. The Bertz CT molecular complexity index is 529. The SMILES string of the molecule is Oc1ccc(CNc2cccc(Cl)c2)cc1Cl. The second-order valence-electron chi connectivity index (χ2n) is 3.65. The van der Waals surface area contributed by atoms with Gasteiger partial charge in [-0.25, -0.2) is 0 Å². The molecule has 0 heterocycles. The van der Waals surface area contributed by atoms with E-state index in [1.807, 2.05) is 30.3 Å². The Morgan fingerprint density at radius 2 is 1.88 bits per heavy atom. The molecule has 4 heteroatoms. The van der Waals surface area contributed by atoms with Crippen LogP contribution >= 0.6 is 23.2 Å². The molecule has 2 rings (SSSR count). The number of phenolic OH excluding ortho intramolecular Hbond substituents is 1. The molecule has 0 atom stereocenters. The molecule has 2 nitrogen and oxygen atoms in total. The molecule has 2 aromatic rings. The van der Waals surface area contributed by atoms with E-state index in [0.29, 0.717) is 16.6 Å². The fraction of sp³-hybridized carbons (Fsp3) is 0.0769. The van der Waals surface area contributed by atoms with Gasteiger partial charge in [0.15, 0.2) is 0 Å². The highest BCUT2D eigenvalue weighted by Crippen LogP contribution is 2.24. The molecule has 0 saturated carbocycles. The summed E-state index contributed by atoms with van der Waals surface area (Å²) in [4.78, 5) is 0. The van der Waals surface area contributed by atoms with E-state index >= 15 is 0 Å². The molecule has 0 aliphatic rings. The van der Waals surface area contributed by atoms with Crippen molar-refractivity contribution in [3.8, 4) is 5.75 Å². The third kappa shape index (κ3) is 3.29. The van der Waals surface area contributed by atoms with Gasteiger partial charge >= 0.3 is 0 Å². The Morgan fingerprint density at radius 3 is 2.59 bits per heavy atom. The van der Waals surface area contributed by atoms with Crippen LogP contribution in [0, 0.1) is 0 Å². The zero-order valence-electron chi connectivity index (χ0n) is 8.95. The minimum Gasteiger partial charge on any atom is -0.506 e. The van der Waals surface area contributed by atoms with E-state index < -0.39 is 0 Å². The molecule has 0 aliphatic carbocycles. The quantitative estimate of drug-likeness (QED) is 0.869. The first kappa shape index (κ1) is 12.1. The Labute approximate surface area is 110 Å². The second kappa shape index (κ2) is 5.30. The highest BCUT2D eigenvalue weighted by molar-refractivity contribution is 6.32. The predicted molar refractivity (Wildman–Crippen MR) is 71.9 cm³/mol. The van der Waals surface area contributed by atoms with Crippen molar-refractivity contribution in [1.82, 2.24) is 0 Å². The molecule has 0 bridgehead atoms. The van der Waals surface area contributed by atoms with Crippen LogP contribution in [0.3, 0.4) is 0 Å². The number of phenols is 1. The lowest BCUT2D eigenvalue weighted by Gasteiger charge is -2.07. The lowest BCUT2D eigenvalue weighted by Crippen LogP contribution is -1.98. The van der Waals surface area contributed by atoms with Crippen LogP contribution in [0.25, 0.3) is 0 Å². The van der Waals surface area contributed by atoms with Crippen LogP contribution < -0.4 is 5.32 Å². The first-order chi connectivity index (χ1) is 8.15. The van der Waals surface area contributed by atoms with Gasteiger partial charge in [0.1, 0.15) is 5.75 Å². The van der Waals surface area contributed by atoms with Crippen molar-refractivity contribution < 1.29 is 5.11 Å². The number of nitrogens with one attached hydrogen (secondary N) is 1. The van der Waals surface area contributed by atoms with Crippen LogP contribution in [-0.2, 0) is 6.54 Å². The number of anilines is 1. The molecular formula is C13H11Cl2NO. The van der Waals surface area contributed by atoms with E-state index in [0.717, 1.165) is 11.3 Å². The number of rotatable bonds is 3. The molecule has 0 aromatic heterocycles. The number of hydrogen-bond acceptors (Lipinski definition) is 2. The van der Waals surface area contributed by atoms with Crippen molar-refractivity contribution in [3.63, 3.8) is 0 Å². The van der Waals surface area contributed by atoms with Crippen molar-refractivity contribution in [2.24, 2.45) is 0 Å². The van der Waals surface area contributed by atoms with Crippen LogP contribution in [0.5, 0.6) is 5.75 Å². The summed E-state index contributed by atoms with van der Waals surface area (Å²) in [6.45, 7) is 0.625. The molecule has 0 unspecified atom stereocenters. The number of hydrogen-bond donors (Lipinski definition) is 2. The van der Waals surface area contributed by atoms with E-state index in [1.165, 1.54) is 0 Å². The van der Waals surface area contributed by atoms with Gasteiger partial charge in [-0.05, 0) is 35.9 Å².